The van der Waals surface area contributed by atoms with E-state index in [0.29, 0.717) is 0 Å². The fourth-order valence-corrected chi connectivity index (χ4v) is 4.20. The lowest BCUT2D eigenvalue weighted by Crippen LogP contribution is -2.15. The minimum Gasteiger partial charge on any atom is -0.0811 e. The molecule has 0 N–H and O–H groups in total. The molecule has 1 atom stereocenters. The highest BCUT2D eigenvalue weighted by Gasteiger charge is 2.23. The first kappa shape index (κ1) is 15.6. The van der Waals surface area contributed by atoms with Gasteiger partial charge >= 0.3 is 0 Å². The van der Waals surface area contributed by atoms with Crippen molar-refractivity contribution in [2.75, 3.05) is 0 Å². The maximum absolute atomic E-state index is 2.41. The van der Waals surface area contributed by atoms with Crippen molar-refractivity contribution < 1.29 is 0 Å². The summed E-state index contributed by atoms with van der Waals surface area (Å²) in [6.07, 6.45) is 13.0. The monoisotopic (exact) mass is 294 g/mol. The molecule has 2 aliphatic rings. The van der Waals surface area contributed by atoms with E-state index in [2.05, 4.69) is 57.2 Å². The van der Waals surface area contributed by atoms with Crippen LogP contribution >= 0.6 is 0 Å². The second-order valence-corrected chi connectivity index (χ2v) is 7.68. The summed E-state index contributed by atoms with van der Waals surface area (Å²) in [6, 6.07) is 9.23. The van der Waals surface area contributed by atoms with Crippen molar-refractivity contribution in [1.82, 2.24) is 0 Å². The Kier molecular flexibility index (Phi) is 4.86. The minimum atomic E-state index is 0.737. The molecular weight excluding hydrogens is 264 g/mol. The molecule has 1 aromatic carbocycles. The van der Waals surface area contributed by atoms with Crippen molar-refractivity contribution in [3.05, 3.63) is 58.7 Å². The summed E-state index contributed by atoms with van der Waals surface area (Å²) in [5, 5.41) is 0. The van der Waals surface area contributed by atoms with Crippen molar-refractivity contribution in [1.29, 1.82) is 0 Å². The van der Waals surface area contributed by atoms with Gasteiger partial charge in [0.15, 0.2) is 0 Å². The highest BCUT2D eigenvalue weighted by atomic mass is 14.3. The summed E-state index contributed by atoms with van der Waals surface area (Å²) in [5.74, 6) is 2.44. The van der Waals surface area contributed by atoms with E-state index >= 15 is 0 Å². The predicted molar refractivity (Wildman–Crippen MR) is 96.1 cm³/mol. The first-order valence-electron chi connectivity index (χ1n) is 9.05. The van der Waals surface area contributed by atoms with Gasteiger partial charge in [0.2, 0.25) is 0 Å². The first-order chi connectivity index (χ1) is 10.6. The predicted octanol–water partition coefficient (Wildman–Crippen LogP) is 6.57. The van der Waals surface area contributed by atoms with Gasteiger partial charge in [-0.15, -0.1) is 0 Å². The molecule has 0 bridgehead atoms. The normalized spacial score (nSPS) is 29.0. The Morgan fingerprint density at radius 1 is 0.955 bits per heavy atom. The van der Waals surface area contributed by atoms with Crippen LogP contribution in [0.15, 0.2) is 47.6 Å². The Morgan fingerprint density at radius 3 is 2.27 bits per heavy atom. The number of rotatable bonds is 3. The first-order valence-corrected chi connectivity index (χ1v) is 9.05. The van der Waals surface area contributed by atoms with E-state index < -0.39 is 0 Å². The van der Waals surface area contributed by atoms with Gasteiger partial charge in [0.25, 0.3) is 0 Å². The van der Waals surface area contributed by atoms with E-state index in [-0.39, 0.29) is 0 Å². The van der Waals surface area contributed by atoms with Crippen molar-refractivity contribution in [3.8, 4) is 0 Å². The zero-order valence-electron chi connectivity index (χ0n) is 14.4. The van der Waals surface area contributed by atoms with Gasteiger partial charge in [0.1, 0.15) is 0 Å². The molecule has 1 unspecified atom stereocenters. The maximum atomic E-state index is 2.41. The molecule has 0 amide bonds. The van der Waals surface area contributed by atoms with Crippen LogP contribution < -0.4 is 0 Å². The molecule has 3 rings (SSSR count). The van der Waals surface area contributed by atoms with Crippen LogP contribution in [0.2, 0.25) is 0 Å². The maximum Gasteiger partial charge on any atom is -0.0162 e. The molecule has 1 fully saturated rings. The van der Waals surface area contributed by atoms with Gasteiger partial charge in [0, 0.05) is 0 Å². The summed E-state index contributed by atoms with van der Waals surface area (Å²) >= 11 is 0. The Bertz CT molecular complexity index is 550. The van der Waals surface area contributed by atoms with Crippen LogP contribution in [0.1, 0.15) is 69.4 Å². The second-order valence-electron chi connectivity index (χ2n) is 7.68. The van der Waals surface area contributed by atoms with E-state index in [9.17, 15) is 0 Å². The van der Waals surface area contributed by atoms with Crippen LogP contribution in [-0.2, 0) is 0 Å². The molecule has 0 aromatic heterocycles. The molecule has 1 saturated carbocycles. The molecule has 0 nitrogen and oxygen atoms in total. The zero-order valence-corrected chi connectivity index (χ0v) is 14.4. The van der Waals surface area contributed by atoms with Crippen LogP contribution in [0.4, 0.5) is 0 Å². The van der Waals surface area contributed by atoms with Gasteiger partial charge in [-0.1, -0.05) is 54.5 Å². The third-order valence-corrected chi connectivity index (χ3v) is 5.71. The van der Waals surface area contributed by atoms with Crippen molar-refractivity contribution >= 4 is 0 Å². The van der Waals surface area contributed by atoms with Crippen LogP contribution in [-0.4, -0.2) is 0 Å². The number of aryl methyl sites for hydroxylation is 1. The van der Waals surface area contributed by atoms with Gasteiger partial charge in [-0.2, -0.15) is 0 Å². The SMILES string of the molecule is CC1=C(CC2CCC(c3ccc(C)cc3)CC2)C=CC(C)C1. The largest absolute Gasteiger partial charge is 0.0811 e. The Labute approximate surface area is 136 Å². The van der Waals surface area contributed by atoms with E-state index in [1.807, 2.05) is 0 Å². The molecule has 22 heavy (non-hydrogen) atoms. The minimum absolute atomic E-state index is 0.737. The molecular formula is C22H30. The van der Waals surface area contributed by atoms with Gasteiger partial charge in [-0.3, -0.25) is 0 Å². The van der Waals surface area contributed by atoms with E-state index in [1.165, 1.54) is 44.1 Å². The van der Waals surface area contributed by atoms with Crippen molar-refractivity contribution in [2.24, 2.45) is 11.8 Å². The molecule has 0 radical (unpaired) electrons. The van der Waals surface area contributed by atoms with Crippen LogP contribution in [0, 0.1) is 18.8 Å². The summed E-state index contributed by atoms with van der Waals surface area (Å²) < 4.78 is 0. The van der Waals surface area contributed by atoms with E-state index in [1.54, 1.807) is 16.7 Å². The summed E-state index contributed by atoms with van der Waals surface area (Å²) in [4.78, 5) is 0. The molecule has 118 valence electrons. The number of hydrogen-bond donors (Lipinski definition) is 0. The highest BCUT2D eigenvalue weighted by Crippen LogP contribution is 2.39. The third-order valence-electron chi connectivity index (χ3n) is 5.71. The third kappa shape index (κ3) is 3.72. The topological polar surface area (TPSA) is 0 Å². The molecule has 0 aliphatic heterocycles. The average molecular weight is 294 g/mol. The van der Waals surface area contributed by atoms with E-state index in [0.717, 1.165) is 17.8 Å². The molecule has 1 aromatic rings. The highest BCUT2D eigenvalue weighted by molar-refractivity contribution is 5.30. The zero-order chi connectivity index (χ0) is 15.5. The lowest BCUT2D eigenvalue weighted by molar-refractivity contribution is 0.324. The van der Waals surface area contributed by atoms with Gasteiger partial charge < -0.3 is 0 Å². The molecule has 0 saturated heterocycles. The lowest BCUT2D eigenvalue weighted by Gasteiger charge is -2.30. The van der Waals surface area contributed by atoms with E-state index in [4.69, 9.17) is 0 Å². The Morgan fingerprint density at radius 2 is 1.64 bits per heavy atom. The fraction of sp³-hybridized carbons (Fsp3) is 0.545. The van der Waals surface area contributed by atoms with Crippen LogP contribution in [0.25, 0.3) is 0 Å². The Balaban J connectivity index is 1.55. The van der Waals surface area contributed by atoms with Gasteiger partial charge in [-0.25, -0.2) is 0 Å². The summed E-state index contributed by atoms with van der Waals surface area (Å²) in [6.45, 7) is 6.84. The number of benzene rings is 1. The number of allylic oxidation sites excluding steroid dienone is 4. The fourth-order valence-electron chi connectivity index (χ4n) is 4.20. The molecule has 2 aliphatic carbocycles. The molecule has 0 heteroatoms. The van der Waals surface area contributed by atoms with Crippen molar-refractivity contribution in [2.45, 2.75) is 65.2 Å². The summed E-state index contributed by atoms with van der Waals surface area (Å²) in [7, 11) is 0. The smallest absolute Gasteiger partial charge is 0.0162 e. The number of hydrogen-bond acceptors (Lipinski definition) is 0. The standard InChI is InChI=1S/C22H30/c1-16-4-9-20(10-5-16)21-12-7-19(8-13-21)15-22-11-6-17(2)14-18(22)3/h4-6,9-11,17,19,21H,7-8,12-15H2,1-3H3. The van der Waals surface area contributed by atoms with Crippen LogP contribution in [0.3, 0.4) is 0 Å². The molecule has 0 spiro atoms. The summed E-state index contributed by atoms with van der Waals surface area (Å²) in [5.41, 5.74) is 6.21. The molecule has 0 heterocycles. The second kappa shape index (κ2) is 6.86. The average Bonchev–Trinajstić information content (AvgIpc) is 2.52. The quantitative estimate of drug-likeness (QED) is 0.591. The van der Waals surface area contributed by atoms with Gasteiger partial charge in [0.05, 0.1) is 0 Å². The van der Waals surface area contributed by atoms with Crippen LogP contribution in [0.5, 0.6) is 0 Å². The Hall–Kier alpha value is -1.30. The lowest BCUT2D eigenvalue weighted by atomic mass is 9.75. The van der Waals surface area contributed by atoms with Gasteiger partial charge in [-0.05, 0) is 81.3 Å². The van der Waals surface area contributed by atoms with Crippen molar-refractivity contribution in [3.63, 3.8) is 0 Å².